The van der Waals surface area contributed by atoms with Crippen LogP contribution in [0.4, 0.5) is 0 Å². The van der Waals surface area contributed by atoms with Gasteiger partial charge in [-0.15, -0.1) is 0 Å². The maximum atomic E-state index is 5.28. The summed E-state index contributed by atoms with van der Waals surface area (Å²) in [7, 11) is 0. The topological polar surface area (TPSA) is 47.0 Å². The molecule has 0 fully saturated rings. The molecule has 0 spiro atoms. The van der Waals surface area contributed by atoms with Gasteiger partial charge in [-0.05, 0) is 17.1 Å². The first-order chi connectivity index (χ1) is 7.45. The normalized spacial score (nSPS) is 10.4. The molecule has 1 N–H and O–H groups in total. The van der Waals surface area contributed by atoms with Gasteiger partial charge in [0.05, 0.1) is 13.2 Å². The molecule has 4 nitrogen and oxygen atoms in total. The Labute approximate surface area is 92.1 Å². The monoisotopic (exact) mass is 221 g/mol. The second-order valence-corrected chi connectivity index (χ2v) is 3.80. The van der Waals surface area contributed by atoms with E-state index in [1.807, 2.05) is 30.3 Å². The second kappa shape index (κ2) is 5.55. The molecular weight excluding hydrogens is 210 g/mol. The summed E-state index contributed by atoms with van der Waals surface area (Å²) in [6.07, 6.45) is 1.54. The summed E-state index contributed by atoms with van der Waals surface area (Å²) in [6.45, 7) is 1.15. The van der Waals surface area contributed by atoms with Crippen molar-refractivity contribution in [2.75, 3.05) is 0 Å². The zero-order chi connectivity index (χ0) is 10.3. The summed E-state index contributed by atoms with van der Waals surface area (Å²) in [4.78, 5) is 9.31. The van der Waals surface area contributed by atoms with Crippen LogP contribution >= 0.6 is 11.5 Å². The number of hydroxylamine groups is 1. The number of hydrogen-bond donors (Lipinski definition) is 1. The zero-order valence-electron chi connectivity index (χ0n) is 8.09. The maximum Gasteiger partial charge on any atom is 0.129 e. The van der Waals surface area contributed by atoms with Crippen LogP contribution < -0.4 is 5.48 Å². The molecule has 0 bridgehead atoms. The largest absolute Gasteiger partial charge is 0.297 e. The molecule has 0 aliphatic carbocycles. The number of nitrogens with zero attached hydrogens (tertiary/aromatic N) is 2. The van der Waals surface area contributed by atoms with Crippen molar-refractivity contribution in [2.45, 2.75) is 13.2 Å². The predicted molar refractivity (Wildman–Crippen MR) is 58.0 cm³/mol. The lowest BCUT2D eigenvalue weighted by atomic mass is 10.2. The molecule has 0 atom stereocenters. The van der Waals surface area contributed by atoms with Crippen LogP contribution in [0.25, 0.3) is 0 Å². The van der Waals surface area contributed by atoms with E-state index in [-0.39, 0.29) is 0 Å². The Morgan fingerprint density at radius 3 is 2.87 bits per heavy atom. The van der Waals surface area contributed by atoms with Gasteiger partial charge in [0, 0.05) is 0 Å². The van der Waals surface area contributed by atoms with Gasteiger partial charge in [-0.25, -0.2) is 4.98 Å². The average Bonchev–Trinajstić information content (AvgIpc) is 2.79. The Balaban J connectivity index is 1.68. The van der Waals surface area contributed by atoms with Crippen LogP contribution in [0.1, 0.15) is 10.6 Å². The van der Waals surface area contributed by atoms with Crippen LogP contribution in [0.5, 0.6) is 0 Å². The van der Waals surface area contributed by atoms with Crippen LogP contribution in [0.2, 0.25) is 0 Å². The van der Waals surface area contributed by atoms with Crippen molar-refractivity contribution < 1.29 is 4.84 Å². The first-order valence-electron chi connectivity index (χ1n) is 4.59. The van der Waals surface area contributed by atoms with E-state index in [0.29, 0.717) is 13.2 Å². The van der Waals surface area contributed by atoms with Crippen molar-refractivity contribution in [1.29, 1.82) is 0 Å². The van der Waals surface area contributed by atoms with Gasteiger partial charge in [0.15, 0.2) is 0 Å². The van der Waals surface area contributed by atoms with E-state index in [1.165, 1.54) is 11.5 Å². The molecule has 15 heavy (non-hydrogen) atoms. The molecule has 5 heteroatoms. The molecule has 0 aliphatic rings. The number of nitrogens with one attached hydrogen (secondary N) is 1. The fourth-order valence-electron chi connectivity index (χ4n) is 1.10. The van der Waals surface area contributed by atoms with Gasteiger partial charge in [-0.2, -0.15) is 9.85 Å². The lowest BCUT2D eigenvalue weighted by Crippen LogP contribution is -2.13. The van der Waals surface area contributed by atoms with E-state index >= 15 is 0 Å². The Morgan fingerprint density at radius 2 is 2.13 bits per heavy atom. The SMILES string of the molecule is c1ccc(CONCc2ncns2)cc1. The lowest BCUT2D eigenvalue weighted by molar-refractivity contribution is 0.0235. The molecule has 2 aromatic rings. The molecule has 2 rings (SSSR count). The summed E-state index contributed by atoms with van der Waals surface area (Å²) in [5.41, 5.74) is 3.99. The lowest BCUT2D eigenvalue weighted by Gasteiger charge is -2.03. The third-order valence-electron chi connectivity index (χ3n) is 1.81. The van der Waals surface area contributed by atoms with E-state index < -0.39 is 0 Å². The summed E-state index contributed by atoms with van der Waals surface area (Å²) in [5.74, 6) is 0. The molecule has 1 aromatic carbocycles. The minimum atomic E-state index is 0.555. The summed E-state index contributed by atoms with van der Waals surface area (Å²) in [6, 6.07) is 10.0. The van der Waals surface area contributed by atoms with Crippen LogP contribution in [0.3, 0.4) is 0 Å². The van der Waals surface area contributed by atoms with Crippen molar-refractivity contribution in [3.05, 3.63) is 47.2 Å². The Morgan fingerprint density at radius 1 is 1.27 bits per heavy atom. The van der Waals surface area contributed by atoms with Gasteiger partial charge in [0.2, 0.25) is 0 Å². The van der Waals surface area contributed by atoms with Gasteiger partial charge in [-0.3, -0.25) is 4.84 Å². The number of aromatic nitrogens is 2. The number of rotatable bonds is 5. The smallest absolute Gasteiger partial charge is 0.129 e. The molecule has 78 valence electrons. The highest BCUT2D eigenvalue weighted by molar-refractivity contribution is 7.05. The third-order valence-corrected chi connectivity index (χ3v) is 2.47. The van der Waals surface area contributed by atoms with Crippen LogP contribution in [0, 0.1) is 0 Å². The van der Waals surface area contributed by atoms with Crippen LogP contribution in [-0.4, -0.2) is 9.36 Å². The first kappa shape index (κ1) is 10.2. The first-order valence-corrected chi connectivity index (χ1v) is 5.36. The fraction of sp³-hybridized carbons (Fsp3) is 0.200. The Kier molecular flexibility index (Phi) is 3.78. The molecular formula is C10H11N3OS. The summed E-state index contributed by atoms with van der Waals surface area (Å²) >= 11 is 1.37. The standard InChI is InChI=1S/C10H11N3OS/c1-2-4-9(5-3-1)7-14-12-6-10-11-8-13-15-10/h1-5,8,12H,6-7H2. The second-order valence-electron chi connectivity index (χ2n) is 2.93. The van der Waals surface area contributed by atoms with Crippen molar-refractivity contribution >= 4 is 11.5 Å². The van der Waals surface area contributed by atoms with Crippen molar-refractivity contribution in [3.63, 3.8) is 0 Å². The minimum absolute atomic E-state index is 0.555. The molecule has 0 amide bonds. The highest BCUT2D eigenvalue weighted by atomic mass is 32.1. The van der Waals surface area contributed by atoms with Crippen molar-refractivity contribution in [1.82, 2.24) is 14.8 Å². The molecule has 1 heterocycles. The Hall–Kier alpha value is -1.30. The highest BCUT2D eigenvalue weighted by Crippen LogP contribution is 2.01. The number of benzene rings is 1. The van der Waals surface area contributed by atoms with Gasteiger partial charge < -0.3 is 0 Å². The van der Waals surface area contributed by atoms with Gasteiger partial charge in [-0.1, -0.05) is 30.3 Å². The molecule has 0 unspecified atom stereocenters. The molecule has 0 radical (unpaired) electrons. The van der Waals surface area contributed by atoms with E-state index in [2.05, 4.69) is 14.8 Å². The van der Waals surface area contributed by atoms with E-state index in [0.717, 1.165) is 10.6 Å². The third kappa shape index (κ3) is 3.39. The van der Waals surface area contributed by atoms with Crippen LogP contribution in [-0.2, 0) is 18.0 Å². The van der Waals surface area contributed by atoms with Crippen LogP contribution in [0.15, 0.2) is 36.7 Å². The van der Waals surface area contributed by atoms with Gasteiger partial charge in [0.25, 0.3) is 0 Å². The quantitative estimate of drug-likeness (QED) is 0.617. The Bertz CT molecular complexity index is 377. The van der Waals surface area contributed by atoms with E-state index in [4.69, 9.17) is 4.84 Å². The van der Waals surface area contributed by atoms with E-state index in [9.17, 15) is 0 Å². The maximum absolute atomic E-state index is 5.28. The van der Waals surface area contributed by atoms with Gasteiger partial charge >= 0.3 is 0 Å². The van der Waals surface area contributed by atoms with E-state index in [1.54, 1.807) is 6.33 Å². The van der Waals surface area contributed by atoms with Crippen molar-refractivity contribution in [3.8, 4) is 0 Å². The molecule has 0 aliphatic heterocycles. The summed E-state index contributed by atoms with van der Waals surface area (Å²) in [5, 5.41) is 0.920. The summed E-state index contributed by atoms with van der Waals surface area (Å²) < 4.78 is 3.89. The van der Waals surface area contributed by atoms with Crippen molar-refractivity contribution in [2.24, 2.45) is 0 Å². The average molecular weight is 221 g/mol. The fourth-order valence-corrected chi connectivity index (χ4v) is 1.53. The zero-order valence-corrected chi connectivity index (χ0v) is 8.91. The minimum Gasteiger partial charge on any atom is -0.297 e. The predicted octanol–water partition coefficient (Wildman–Crippen LogP) is 1.76. The molecule has 1 aromatic heterocycles. The van der Waals surface area contributed by atoms with Gasteiger partial charge in [0.1, 0.15) is 11.3 Å². The highest BCUT2D eigenvalue weighted by Gasteiger charge is 1.95. The molecule has 0 saturated heterocycles. The molecule has 0 saturated carbocycles. The number of hydrogen-bond acceptors (Lipinski definition) is 5.